The lowest BCUT2D eigenvalue weighted by molar-refractivity contribution is 0.372. The maximum Gasteiger partial charge on any atom is 0.332 e. The van der Waals surface area contributed by atoms with Crippen LogP contribution in [0.2, 0.25) is 0 Å². The Hall–Kier alpha value is -3.34. The van der Waals surface area contributed by atoms with Crippen molar-refractivity contribution >= 4 is 39.3 Å². The topological polar surface area (TPSA) is 116 Å². The minimum atomic E-state index is -0.469. The summed E-state index contributed by atoms with van der Waals surface area (Å²) in [7, 11) is 4.42. The van der Waals surface area contributed by atoms with Gasteiger partial charge in [-0.3, -0.25) is 18.5 Å². The highest BCUT2D eigenvalue weighted by Gasteiger charge is 2.19. The van der Waals surface area contributed by atoms with Gasteiger partial charge in [0.1, 0.15) is 0 Å². The zero-order valence-corrected chi connectivity index (χ0v) is 18.5. The molecule has 0 saturated heterocycles. The minimum Gasteiger partial charge on any atom is -0.503 e. The van der Waals surface area contributed by atoms with Crippen LogP contribution < -0.4 is 21.4 Å². The van der Waals surface area contributed by atoms with Gasteiger partial charge in [-0.15, -0.1) is 0 Å². The summed E-state index contributed by atoms with van der Waals surface area (Å²) in [6, 6.07) is 3.28. The zero-order valence-electron chi connectivity index (χ0n) is 16.9. The number of aromatic hydroxyl groups is 1. The number of aromatic nitrogens is 4. The molecule has 0 fully saturated rings. The van der Waals surface area contributed by atoms with Crippen molar-refractivity contribution in [1.29, 1.82) is 0 Å². The summed E-state index contributed by atoms with van der Waals surface area (Å²) in [6.45, 7) is 6.04. The van der Waals surface area contributed by atoms with E-state index in [9.17, 15) is 14.7 Å². The number of rotatable bonds is 6. The van der Waals surface area contributed by atoms with Crippen LogP contribution in [0.5, 0.6) is 11.5 Å². The van der Waals surface area contributed by atoms with E-state index in [1.54, 1.807) is 23.7 Å². The number of ether oxygens (including phenoxy) is 1. The Balaban J connectivity index is 2.07. The summed E-state index contributed by atoms with van der Waals surface area (Å²) in [5.74, 6) is 0.564. The number of phenolic OH excluding ortho intramolecular Hbond substituents is 1. The average molecular weight is 477 g/mol. The maximum atomic E-state index is 12.7. The third-order valence-electron chi connectivity index (χ3n) is 4.42. The van der Waals surface area contributed by atoms with Crippen LogP contribution in [0.15, 0.2) is 43.4 Å². The first kappa shape index (κ1) is 21.4. The normalized spacial score (nSPS) is 11.4. The Bertz CT molecular complexity index is 1300. The predicted molar refractivity (Wildman–Crippen MR) is 119 cm³/mol. The third kappa shape index (κ3) is 3.75. The van der Waals surface area contributed by atoms with Gasteiger partial charge in [0.15, 0.2) is 22.7 Å². The summed E-state index contributed by atoms with van der Waals surface area (Å²) >= 11 is 3.26. The number of hydrogen-bond acceptors (Lipinski definition) is 7. The van der Waals surface area contributed by atoms with Crippen LogP contribution in [0, 0.1) is 0 Å². The molecule has 0 aliphatic rings. The van der Waals surface area contributed by atoms with E-state index in [0.29, 0.717) is 22.3 Å². The lowest BCUT2D eigenvalue weighted by Crippen LogP contribution is -2.37. The highest BCUT2D eigenvalue weighted by atomic mass is 79.9. The van der Waals surface area contributed by atoms with Crippen LogP contribution in [0.3, 0.4) is 0 Å². The molecule has 0 amide bonds. The molecule has 0 bridgehead atoms. The molecule has 0 aliphatic carbocycles. The van der Waals surface area contributed by atoms with Crippen molar-refractivity contribution in [3.63, 3.8) is 0 Å². The smallest absolute Gasteiger partial charge is 0.332 e. The number of halogens is 1. The van der Waals surface area contributed by atoms with Crippen molar-refractivity contribution in [3.05, 3.63) is 55.2 Å². The largest absolute Gasteiger partial charge is 0.503 e. The molecule has 0 atom stereocenters. The van der Waals surface area contributed by atoms with Gasteiger partial charge in [-0.05, 0) is 40.5 Å². The molecule has 30 heavy (non-hydrogen) atoms. The van der Waals surface area contributed by atoms with Crippen molar-refractivity contribution in [2.45, 2.75) is 13.5 Å². The van der Waals surface area contributed by atoms with E-state index in [2.05, 4.69) is 38.0 Å². The fourth-order valence-corrected chi connectivity index (χ4v) is 3.40. The number of methoxy groups -OCH3 is 1. The van der Waals surface area contributed by atoms with Gasteiger partial charge in [0.05, 0.1) is 17.8 Å². The van der Waals surface area contributed by atoms with Crippen molar-refractivity contribution in [1.82, 2.24) is 18.7 Å². The highest BCUT2D eigenvalue weighted by Crippen LogP contribution is 2.34. The SMILES string of the molecule is C=C(C)Cn1c(NN=Cc2cc(Br)c(O)c(OC)c2)nc2c1c(=O)n(C)c(=O)n2C. The second-order valence-corrected chi connectivity index (χ2v) is 7.63. The first-order valence-corrected chi connectivity index (χ1v) is 9.61. The Kier molecular flexibility index (Phi) is 5.83. The number of aryl methyl sites for hydroxylation is 1. The number of benzene rings is 1. The van der Waals surface area contributed by atoms with E-state index in [1.165, 1.54) is 24.9 Å². The van der Waals surface area contributed by atoms with Gasteiger partial charge in [0.2, 0.25) is 5.95 Å². The number of hydrogen-bond donors (Lipinski definition) is 2. The molecule has 3 rings (SSSR count). The van der Waals surface area contributed by atoms with Crippen LogP contribution in [0.1, 0.15) is 12.5 Å². The second-order valence-electron chi connectivity index (χ2n) is 6.78. The van der Waals surface area contributed by atoms with E-state index in [-0.39, 0.29) is 22.9 Å². The second kappa shape index (κ2) is 8.19. The van der Waals surface area contributed by atoms with E-state index in [4.69, 9.17) is 4.74 Å². The Morgan fingerprint density at radius 2 is 2.07 bits per heavy atom. The number of phenols is 1. The van der Waals surface area contributed by atoms with Gasteiger partial charge in [-0.25, -0.2) is 10.2 Å². The molecular weight excluding hydrogens is 456 g/mol. The number of nitrogens with one attached hydrogen (secondary N) is 1. The number of allylic oxidation sites excluding steroid dienone is 1. The van der Waals surface area contributed by atoms with Gasteiger partial charge in [0, 0.05) is 20.6 Å². The summed E-state index contributed by atoms with van der Waals surface area (Å²) in [6.07, 6.45) is 1.51. The van der Waals surface area contributed by atoms with E-state index in [0.717, 1.165) is 10.1 Å². The zero-order chi connectivity index (χ0) is 22.2. The standard InChI is InChI=1S/C19H21BrN6O4/c1-10(2)9-26-14-16(24(3)19(29)25(4)17(14)28)22-18(26)23-21-8-11-6-12(20)15(27)13(7-11)30-5/h6-8,27H,1,9H2,2-5H3,(H,22,23). The van der Waals surface area contributed by atoms with Gasteiger partial charge in [-0.2, -0.15) is 10.1 Å². The van der Waals surface area contributed by atoms with Crippen LogP contribution in [0.25, 0.3) is 11.2 Å². The van der Waals surface area contributed by atoms with Crippen LogP contribution in [-0.4, -0.2) is 37.1 Å². The predicted octanol–water partition coefficient (Wildman–Crippen LogP) is 1.93. The fourth-order valence-electron chi connectivity index (χ4n) is 2.94. The molecule has 0 radical (unpaired) electrons. The van der Waals surface area contributed by atoms with Crippen LogP contribution in [0.4, 0.5) is 5.95 Å². The Morgan fingerprint density at radius 3 is 2.70 bits per heavy atom. The molecule has 0 aliphatic heterocycles. The summed E-state index contributed by atoms with van der Waals surface area (Å²) < 4.78 is 9.55. The van der Waals surface area contributed by atoms with Crippen molar-refractivity contribution in [2.24, 2.45) is 19.2 Å². The van der Waals surface area contributed by atoms with Gasteiger partial charge in [-0.1, -0.05) is 12.2 Å². The maximum absolute atomic E-state index is 12.7. The third-order valence-corrected chi connectivity index (χ3v) is 5.03. The number of hydrazone groups is 1. The first-order valence-electron chi connectivity index (χ1n) is 8.82. The molecule has 3 aromatic rings. The van der Waals surface area contributed by atoms with E-state index in [1.807, 2.05) is 6.92 Å². The molecule has 10 nitrogen and oxygen atoms in total. The Labute approximate surface area is 179 Å². The van der Waals surface area contributed by atoms with Crippen molar-refractivity contribution in [2.75, 3.05) is 12.5 Å². The molecule has 0 spiro atoms. The molecule has 0 saturated carbocycles. The quantitative estimate of drug-likeness (QED) is 0.319. The molecular formula is C19H21BrN6O4. The summed E-state index contributed by atoms with van der Waals surface area (Å²) in [5.41, 5.74) is 3.86. The van der Waals surface area contributed by atoms with Gasteiger partial charge < -0.3 is 9.84 Å². The lowest BCUT2D eigenvalue weighted by atomic mass is 10.2. The van der Waals surface area contributed by atoms with E-state index < -0.39 is 11.2 Å². The highest BCUT2D eigenvalue weighted by molar-refractivity contribution is 9.10. The number of imidazole rings is 1. The molecule has 0 unspecified atom stereocenters. The molecule has 11 heteroatoms. The average Bonchev–Trinajstić information content (AvgIpc) is 3.05. The van der Waals surface area contributed by atoms with Crippen LogP contribution >= 0.6 is 15.9 Å². The number of nitrogens with zero attached hydrogens (tertiary/aromatic N) is 5. The number of anilines is 1. The minimum absolute atomic E-state index is 0.0115. The molecule has 2 aromatic heterocycles. The van der Waals surface area contributed by atoms with Gasteiger partial charge in [0.25, 0.3) is 5.56 Å². The Morgan fingerprint density at radius 1 is 1.37 bits per heavy atom. The molecule has 1 aromatic carbocycles. The van der Waals surface area contributed by atoms with Crippen LogP contribution in [-0.2, 0) is 20.6 Å². The number of fused-ring (bicyclic) bond motifs is 1. The first-order chi connectivity index (χ1) is 14.1. The van der Waals surface area contributed by atoms with Crippen molar-refractivity contribution < 1.29 is 9.84 Å². The molecule has 158 valence electrons. The van der Waals surface area contributed by atoms with E-state index >= 15 is 0 Å². The molecule has 2 heterocycles. The lowest BCUT2D eigenvalue weighted by Gasteiger charge is -2.09. The molecule has 2 N–H and O–H groups in total. The summed E-state index contributed by atoms with van der Waals surface area (Å²) in [5, 5.41) is 14.1. The fraction of sp³-hybridized carbons (Fsp3) is 0.263. The van der Waals surface area contributed by atoms with Gasteiger partial charge >= 0.3 is 5.69 Å². The monoisotopic (exact) mass is 476 g/mol. The van der Waals surface area contributed by atoms with Crippen molar-refractivity contribution in [3.8, 4) is 11.5 Å². The summed E-state index contributed by atoms with van der Waals surface area (Å²) in [4.78, 5) is 29.3.